The number of hydrogen-bond acceptors (Lipinski definition) is 6. The number of anilines is 1. The van der Waals surface area contributed by atoms with E-state index in [4.69, 9.17) is 10.00 Å². The van der Waals surface area contributed by atoms with Crippen molar-refractivity contribution in [3.8, 4) is 6.07 Å². The van der Waals surface area contributed by atoms with Crippen LogP contribution in [0.15, 0.2) is 41.3 Å². The zero-order valence-corrected chi connectivity index (χ0v) is 14.5. The third kappa shape index (κ3) is 3.19. The van der Waals surface area contributed by atoms with E-state index in [1.54, 1.807) is 30.3 Å². The largest absolute Gasteiger partial charge is 0.454 e. The predicted octanol–water partition coefficient (Wildman–Crippen LogP) is 0.922. The average molecular weight is 373 g/mol. The fourth-order valence-electron chi connectivity index (χ4n) is 2.75. The Hall–Kier alpha value is -3.12. The highest BCUT2D eigenvalue weighted by molar-refractivity contribution is 7.93. The SMILES string of the molecule is N#CCCNC(=O)COC(=O)CN1c2cccc3cccc(c23)S1(=O)=O. The molecule has 0 aromatic heterocycles. The van der Waals surface area contributed by atoms with Crippen LogP contribution in [-0.4, -0.2) is 40.0 Å². The van der Waals surface area contributed by atoms with E-state index in [1.165, 1.54) is 6.07 Å². The van der Waals surface area contributed by atoms with E-state index in [0.29, 0.717) is 11.1 Å². The minimum atomic E-state index is -3.85. The van der Waals surface area contributed by atoms with E-state index in [0.717, 1.165) is 9.69 Å². The number of ether oxygens (including phenoxy) is 1. The Bertz CT molecular complexity index is 1020. The first kappa shape index (κ1) is 17.7. The van der Waals surface area contributed by atoms with Crippen molar-refractivity contribution in [3.63, 3.8) is 0 Å². The highest BCUT2D eigenvalue weighted by Gasteiger charge is 2.36. The first-order valence-corrected chi connectivity index (χ1v) is 9.23. The van der Waals surface area contributed by atoms with Crippen LogP contribution in [0.3, 0.4) is 0 Å². The van der Waals surface area contributed by atoms with Crippen LogP contribution in [0.1, 0.15) is 6.42 Å². The zero-order valence-electron chi connectivity index (χ0n) is 13.6. The summed E-state index contributed by atoms with van der Waals surface area (Å²) in [6.07, 6.45) is 0.147. The monoisotopic (exact) mass is 373 g/mol. The summed E-state index contributed by atoms with van der Waals surface area (Å²) < 4.78 is 31.3. The molecule has 1 aliphatic heterocycles. The molecule has 9 heteroatoms. The molecule has 0 radical (unpaired) electrons. The van der Waals surface area contributed by atoms with Gasteiger partial charge in [0.2, 0.25) is 0 Å². The number of amides is 1. The number of hydrogen-bond donors (Lipinski definition) is 1. The quantitative estimate of drug-likeness (QED) is 0.594. The van der Waals surface area contributed by atoms with Crippen molar-refractivity contribution >= 4 is 38.4 Å². The van der Waals surface area contributed by atoms with Gasteiger partial charge in [0.15, 0.2) is 6.61 Å². The molecule has 1 heterocycles. The molecule has 26 heavy (non-hydrogen) atoms. The zero-order chi connectivity index (χ0) is 18.7. The first-order valence-electron chi connectivity index (χ1n) is 7.79. The third-order valence-electron chi connectivity index (χ3n) is 3.88. The smallest absolute Gasteiger partial charge is 0.327 e. The molecule has 0 saturated carbocycles. The molecular formula is C17H15N3O5S. The van der Waals surface area contributed by atoms with Gasteiger partial charge in [-0.05, 0) is 17.5 Å². The lowest BCUT2D eigenvalue weighted by molar-refractivity contribution is -0.146. The highest BCUT2D eigenvalue weighted by Crippen LogP contribution is 2.41. The third-order valence-corrected chi connectivity index (χ3v) is 5.68. The number of carbonyl (C=O) groups is 2. The van der Waals surface area contributed by atoms with Crippen molar-refractivity contribution in [3.05, 3.63) is 36.4 Å². The molecule has 134 valence electrons. The number of carbonyl (C=O) groups excluding carboxylic acids is 2. The van der Waals surface area contributed by atoms with Gasteiger partial charge in [0.05, 0.1) is 23.1 Å². The summed E-state index contributed by atoms with van der Waals surface area (Å²) in [6.45, 7) is -0.901. The molecular weight excluding hydrogens is 358 g/mol. The molecule has 0 bridgehead atoms. The van der Waals surface area contributed by atoms with Crippen LogP contribution in [0.4, 0.5) is 5.69 Å². The van der Waals surface area contributed by atoms with Crippen LogP contribution < -0.4 is 9.62 Å². The topological polar surface area (TPSA) is 117 Å². The standard InChI is InChI=1S/C17H15N3O5S/c18-8-3-9-19-15(21)11-25-16(22)10-20-13-6-1-4-12-5-2-7-14(17(12)13)26(20,23)24/h1-2,4-7H,3,9-11H2,(H,19,21). The Morgan fingerprint density at radius 2 is 1.92 bits per heavy atom. The lowest BCUT2D eigenvalue weighted by Gasteiger charge is -2.17. The minimum Gasteiger partial charge on any atom is -0.454 e. The summed E-state index contributed by atoms with van der Waals surface area (Å²) in [5.41, 5.74) is 0.411. The van der Waals surface area contributed by atoms with Gasteiger partial charge in [0, 0.05) is 11.9 Å². The summed E-state index contributed by atoms with van der Waals surface area (Å²) in [5.74, 6) is -1.39. The van der Waals surface area contributed by atoms with Crippen molar-refractivity contribution in [1.82, 2.24) is 5.32 Å². The Kier molecular flexibility index (Phi) is 4.77. The van der Waals surface area contributed by atoms with Crippen LogP contribution in [0, 0.1) is 11.3 Å². The molecule has 0 atom stereocenters. The summed E-state index contributed by atoms with van der Waals surface area (Å²) >= 11 is 0. The molecule has 0 aliphatic carbocycles. The van der Waals surface area contributed by atoms with Crippen LogP contribution in [0.25, 0.3) is 10.8 Å². The Balaban J connectivity index is 1.71. The Morgan fingerprint density at radius 3 is 2.65 bits per heavy atom. The lowest BCUT2D eigenvalue weighted by Crippen LogP contribution is -2.36. The summed E-state index contributed by atoms with van der Waals surface area (Å²) in [4.78, 5) is 23.7. The molecule has 1 amide bonds. The van der Waals surface area contributed by atoms with Gasteiger partial charge in [-0.15, -0.1) is 0 Å². The predicted molar refractivity (Wildman–Crippen MR) is 92.7 cm³/mol. The number of nitriles is 1. The van der Waals surface area contributed by atoms with Crippen molar-refractivity contribution in [2.45, 2.75) is 11.3 Å². The number of nitrogens with one attached hydrogen (secondary N) is 1. The van der Waals surface area contributed by atoms with Crippen LogP contribution >= 0.6 is 0 Å². The molecule has 0 unspecified atom stereocenters. The van der Waals surface area contributed by atoms with Crippen molar-refractivity contribution in [2.24, 2.45) is 0 Å². The van der Waals surface area contributed by atoms with Gasteiger partial charge < -0.3 is 10.1 Å². The van der Waals surface area contributed by atoms with Crippen LogP contribution in [0.5, 0.6) is 0 Å². The van der Waals surface area contributed by atoms with Gasteiger partial charge in [0.25, 0.3) is 15.9 Å². The number of sulfonamides is 1. The Morgan fingerprint density at radius 1 is 1.19 bits per heavy atom. The maximum absolute atomic E-state index is 12.7. The molecule has 8 nitrogen and oxygen atoms in total. The van der Waals surface area contributed by atoms with Gasteiger partial charge in [-0.2, -0.15) is 5.26 Å². The van der Waals surface area contributed by atoms with E-state index in [-0.39, 0.29) is 17.9 Å². The van der Waals surface area contributed by atoms with E-state index in [2.05, 4.69) is 5.32 Å². The van der Waals surface area contributed by atoms with Crippen LogP contribution in [-0.2, 0) is 24.3 Å². The van der Waals surface area contributed by atoms with E-state index >= 15 is 0 Å². The summed E-state index contributed by atoms with van der Waals surface area (Å²) in [5, 5.41) is 12.1. The highest BCUT2D eigenvalue weighted by atomic mass is 32.2. The summed E-state index contributed by atoms with van der Waals surface area (Å²) in [6, 6.07) is 11.9. The molecule has 1 aliphatic rings. The molecule has 2 aromatic rings. The second-order valence-electron chi connectivity index (χ2n) is 5.56. The molecule has 0 spiro atoms. The Labute approximate surface area is 150 Å². The molecule has 0 fully saturated rings. The van der Waals surface area contributed by atoms with Gasteiger partial charge in [-0.1, -0.05) is 24.3 Å². The maximum Gasteiger partial charge on any atom is 0.327 e. The second kappa shape index (κ2) is 7.01. The lowest BCUT2D eigenvalue weighted by atomic mass is 10.1. The van der Waals surface area contributed by atoms with E-state index < -0.39 is 35.1 Å². The number of benzene rings is 2. The van der Waals surface area contributed by atoms with E-state index in [9.17, 15) is 18.0 Å². The first-order chi connectivity index (χ1) is 12.4. The van der Waals surface area contributed by atoms with Gasteiger partial charge in [0.1, 0.15) is 6.54 Å². The second-order valence-corrected chi connectivity index (χ2v) is 7.39. The van der Waals surface area contributed by atoms with E-state index in [1.807, 2.05) is 6.07 Å². The fraction of sp³-hybridized carbons (Fsp3) is 0.235. The molecule has 2 aromatic carbocycles. The van der Waals surface area contributed by atoms with Crippen molar-refractivity contribution in [2.75, 3.05) is 24.0 Å². The van der Waals surface area contributed by atoms with Crippen molar-refractivity contribution < 1.29 is 22.7 Å². The normalized spacial score (nSPS) is 14.0. The molecule has 1 N–H and O–H groups in total. The average Bonchev–Trinajstić information content (AvgIpc) is 2.84. The van der Waals surface area contributed by atoms with Gasteiger partial charge >= 0.3 is 5.97 Å². The number of nitrogens with zero attached hydrogens (tertiary/aromatic N) is 2. The molecule has 3 rings (SSSR count). The van der Waals surface area contributed by atoms with Gasteiger partial charge in [-0.25, -0.2) is 8.42 Å². The van der Waals surface area contributed by atoms with Crippen molar-refractivity contribution in [1.29, 1.82) is 5.26 Å². The minimum absolute atomic E-state index is 0.146. The van der Waals surface area contributed by atoms with Gasteiger partial charge in [-0.3, -0.25) is 13.9 Å². The number of rotatable bonds is 6. The fourth-order valence-corrected chi connectivity index (χ4v) is 4.40. The van der Waals surface area contributed by atoms with Crippen LogP contribution in [0.2, 0.25) is 0 Å². The molecule has 0 saturated heterocycles. The summed E-state index contributed by atoms with van der Waals surface area (Å²) in [7, 11) is -3.85. The number of esters is 1. The maximum atomic E-state index is 12.7.